The van der Waals surface area contributed by atoms with Gasteiger partial charge >= 0.3 is 6.18 Å². The smallest absolute Gasteiger partial charge is 0.390 e. The van der Waals surface area contributed by atoms with Crippen molar-refractivity contribution in [2.45, 2.75) is 19.0 Å². The van der Waals surface area contributed by atoms with Crippen LogP contribution in [0.2, 0.25) is 0 Å². The molecule has 27 heavy (non-hydrogen) atoms. The van der Waals surface area contributed by atoms with E-state index in [-0.39, 0.29) is 11.3 Å². The maximum absolute atomic E-state index is 13.0. The van der Waals surface area contributed by atoms with Crippen molar-refractivity contribution in [2.24, 2.45) is 0 Å². The largest absolute Gasteiger partial charge is 0.418 e. The van der Waals surface area contributed by atoms with Gasteiger partial charge in [0.25, 0.3) is 5.91 Å². The third-order valence-corrected chi connectivity index (χ3v) is 3.72. The van der Waals surface area contributed by atoms with Crippen LogP contribution in [0, 0.1) is 11.3 Å². The van der Waals surface area contributed by atoms with Gasteiger partial charge in [-0.25, -0.2) is 0 Å². The number of carbonyl (C=O) groups is 1. The summed E-state index contributed by atoms with van der Waals surface area (Å²) < 4.78 is 38.9. The van der Waals surface area contributed by atoms with Crippen LogP contribution in [0.1, 0.15) is 17.5 Å². The Bertz CT molecular complexity index is 840. The number of benzene rings is 2. The molecule has 0 saturated carbocycles. The van der Waals surface area contributed by atoms with Crippen LogP contribution in [-0.2, 0) is 17.4 Å². The zero-order valence-electron chi connectivity index (χ0n) is 14.4. The average Bonchev–Trinajstić information content (AvgIpc) is 2.65. The number of hydrogen-bond donors (Lipinski definition) is 2. The number of halogens is 3. The monoisotopic (exact) mass is 373 g/mol. The van der Waals surface area contributed by atoms with E-state index in [2.05, 4.69) is 10.6 Å². The molecule has 4 nitrogen and oxygen atoms in total. The molecule has 0 radical (unpaired) electrons. The summed E-state index contributed by atoms with van der Waals surface area (Å²) in [7, 11) is 0. The molecule has 2 N–H and O–H groups in total. The number of anilines is 1. The molecule has 0 aliphatic carbocycles. The minimum Gasteiger partial charge on any atom is -0.390 e. The van der Waals surface area contributed by atoms with Crippen LogP contribution in [-0.4, -0.2) is 12.5 Å². The van der Waals surface area contributed by atoms with E-state index in [1.807, 2.05) is 30.3 Å². The van der Waals surface area contributed by atoms with Gasteiger partial charge < -0.3 is 10.6 Å². The van der Waals surface area contributed by atoms with Crippen molar-refractivity contribution in [1.29, 1.82) is 5.26 Å². The molecule has 0 atom stereocenters. The van der Waals surface area contributed by atoms with E-state index in [0.29, 0.717) is 6.54 Å². The first-order valence-corrected chi connectivity index (χ1v) is 8.27. The van der Waals surface area contributed by atoms with Crippen molar-refractivity contribution in [3.05, 3.63) is 77.5 Å². The van der Waals surface area contributed by atoms with E-state index in [1.54, 1.807) is 6.07 Å². The van der Waals surface area contributed by atoms with E-state index >= 15 is 0 Å². The lowest BCUT2D eigenvalue weighted by atomic mass is 10.1. The van der Waals surface area contributed by atoms with Crippen LogP contribution < -0.4 is 10.6 Å². The summed E-state index contributed by atoms with van der Waals surface area (Å²) in [5, 5.41) is 14.1. The van der Waals surface area contributed by atoms with Crippen LogP contribution in [0.3, 0.4) is 0 Å². The fourth-order valence-corrected chi connectivity index (χ4v) is 2.39. The second-order valence-electron chi connectivity index (χ2n) is 5.71. The number of para-hydroxylation sites is 1. The van der Waals surface area contributed by atoms with Gasteiger partial charge in [0.15, 0.2) is 0 Å². The van der Waals surface area contributed by atoms with Crippen molar-refractivity contribution < 1.29 is 18.0 Å². The predicted molar refractivity (Wildman–Crippen MR) is 96.5 cm³/mol. The van der Waals surface area contributed by atoms with E-state index in [0.717, 1.165) is 25.0 Å². The molecule has 0 aliphatic heterocycles. The first-order valence-electron chi connectivity index (χ1n) is 8.27. The molecule has 7 heteroatoms. The molecule has 1 amide bonds. The number of hydrogen-bond acceptors (Lipinski definition) is 3. The van der Waals surface area contributed by atoms with Crippen molar-refractivity contribution in [3.63, 3.8) is 0 Å². The average molecular weight is 373 g/mol. The maximum Gasteiger partial charge on any atom is 0.418 e. The molecule has 2 rings (SSSR count). The highest BCUT2D eigenvalue weighted by molar-refractivity contribution is 6.06. The normalized spacial score (nSPS) is 11.6. The SMILES string of the molecule is N#C/C(=C/NCCCc1ccccc1)C(=O)Nc1ccccc1C(F)(F)F. The van der Waals surface area contributed by atoms with Crippen molar-refractivity contribution >= 4 is 11.6 Å². The van der Waals surface area contributed by atoms with Gasteiger partial charge in [0.05, 0.1) is 11.3 Å². The van der Waals surface area contributed by atoms with E-state index < -0.39 is 17.6 Å². The molecule has 140 valence electrons. The molecular weight excluding hydrogens is 355 g/mol. The van der Waals surface area contributed by atoms with Crippen molar-refractivity contribution in [3.8, 4) is 6.07 Å². The van der Waals surface area contributed by atoms with Gasteiger partial charge in [-0.05, 0) is 30.5 Å². The molecule has 0 spiro atoms. The highest BCUT2D eigenvalue weighted by Gasteiger charge is 2.33. The Hall–Kier alpha value is -3.27. The molecule has 0 aliphatic rings. The number of nitriles is 1. The Morgan fingerprint density at radius 2 is 1.74 bits per heavy atom. The Balaban J connectivity index is 1.92. The van der Waals surface area contributed by atoms with E-state index in [9.17, 15) is 18.0 Å². The highest BCUT2D eigenvalue weighted by atomic mass is 19.4. The number of aryl methyl sites for hydroxylation is 1. The van der Waals surface area contributed by atoms with E-state index in [1.165, 1.54) is 23.9 Å². The van der Waals surface area contributed by atoms with Gasteiger partial charge in [-0.2, -0.15) is 18.4 Å². The number of nitrogens with zero attached hydrogens (tertiary/aromatic N) is 1. The lowest BCUT2D eigenvalue weighted by Gasteiger charge is -2.13. The third kappa shape index (κ3) is 6.19. The lowest BCUT2D eigenvalue weighted by molar-refractivity contribution is -0.137. The summed E-state index contributed by atoms with van der Waals surface area (Å²) in [4.78, 5) is 12.1. The zero-order valence-corrected chi connectivity index (χ0v) is 14.4. The highest BCUT2D eigenvalue weighted by Crippen LogP contribution is 2.34. The van der Waals surface area contributed by atoms with Gasteiger partial charge in [-0.3, -0.25) is 4.79 Å². The van der Waals surface area contributed by atoms with Gasteiger partial charge in [-0.1, -0.05) is 42.5 Å². The molecule has 0 bridgehead atoms. The number of nitrogens with one attached hydrogen (secondary N) is 2. The Morgan fingerprint density at radius 3 is 2.41 bits per heavy atom. The first-order chi connectivity index (χ1) is 12.9. The Kier molecular flexibility index (Phi) is 7.00. The van der Waals surface area contributed by atoms with Crippen LogP contribution in [0.4, 0.5) is 18.9 Å². The standard InChI is InChI=1S/C20H18F3N3O/c21-20(22,23)17-10-4-5-11-18(17)26-19(27)16(13-24)14-25-12-6-9-15-7-2-1-3-8-15/h1-5,7-8,10-11,14,25H,6,9,12H2,(H,26,27)/b16-14-. The topological polar surface area (TPSA) is 64.9 Å². The van der Waals surface area contributed by atoms with Gasteiger partial charge in [0.2, 0.25) is 0 Å². The number of amides is 1. The number of carbonyl (C=O) groups excluding carboxylic acids is 1. The predicted octanol–water partition coefficient (Wildman–Crippen LogP) is 4.27. The van der Waals surface area contributed by atoms with Crippen molar-refractivity contribution in [1.82, 2.24) is 5.32 Å². The fourth-order valence-electron chi connectivity index (χ4n) is 2.39. The molecule has 0 aromatic heterocycles. The van der Waals surface area contributed by atoms with Crippen LogP contribution in [0.25, 0.3) is 0 Å². The zero-order chi connectivity index (χ0) is 19.7. The molecule has 2 aromatic rings. The molecular formula is C20H18F3N3O. The molecule has 0 fully saturated rings. The van der Waals surface area contributed by atoms with Gasteiger partial charge in [0, 0.05) is 12.7 Å². The molecule has 0 heterocycles. The Morgan fingerprint density at radius 1 is 1.07 bits per heavy atom. The number of rotatable bonds is 7. The summed E-state index contributed by atoms with van der Waals surface area (Å²) in [6.07, 6.45) is -1.78. The summed E-state index contributed by atoms with van der Waals surface area (Å²) in [5.74, 6) is -0.898. The lowest BCUT2D eigenvalue weighted by Crippen LogP contribution is -2.19. The Labute approximate surface area is 155 Å². The van der Waals surface area contributed by atoms with Crippen LogP contribution >= 0.6 is 0 Å². The third-order valence-electron chi connectivity index (χ3n) is 3.72. The summed E-state index contributed by atoms with van der Waals surface area (Å²) in [6.45, 7) is 0.520. The minimum absolute atomic E-state index is 0.299. The molecule has 2 aromatic carbocycles. The van der Waals surface area contributed by atoms with Gasteiger partial charge in [-0.15, -0.1) is 0 Å². The molecule has 0 unspecified atom stereocenters. The number of alkyl halides is 3. The maximum atomic E-state index is 13.0. The first kappa shape index (κ1) is 20.0. The summed E-state index contributed by atoms with van der Waals surface area (Å²) in [6, 6.07) is 16.1. The van der Waals surface area contributed by atoms with Crippen LogP contribution in [0.15, 0.2) is 66.4 Å². The van der Waals surface area contributed by atoms with Crippen LogP contribution in [0.5, 0.6) is 0 Å². The minimum atomic E-state index is -4.60. The quantitative estimate of drug-likeness (QED) is 0.433. The second kappa shape index (κ2) is 9.43. The van der Waals surface area contributed by atoms with E-state index in [4.69, 9.17) is 5.26 Å². The van der Waals surface area contributed by atoms with Crippen molar-refractivity contribution in [2.75, 3.05) is 11.9 Å². The van der Waals surface area contributed by atoms with Gasteiger partial charge in [0.1, 0.15) is 11.6 Å². The second-order valence-corrected chi connectivity index (χ2v) is 5.71. The molecule has 0 saturated heterocycles. The summed E-state index contributed by atoms with van der Waals surface area (Å²) in [5.41, 5.74) is -0.483. The summed E-state index contributed by atoms with van der Waals surface area (Å²) >= 11 is 0. The fraction of sp³-hybridized carbons (Fsp3) is 0.200.